The molecular formula is C23H21NO3. The fourth-order valence-corrected chi connectivity index (χ4v) is 2.89. The van der Waals surface area contributed by atoms with Gasteiger partial charge in [0.1, 0.15) is 12.9 Å². The molecule has 0 spiro atoms. The predicted octanol–water partition coefficient (Wildman–Crippen LogP) is 4.48. The maximum absolute atomic E-state index is 12.4. The number of nitrogens with one attached hydrogen (secondary N) is 1. The van der Waals surface area contributed by atoms with Crippen molar-refractivity contribution in [3.8, 4) is 0 Å². The summed E-state index contributed by atoms with van der Waals surface area (Å²) in [6, 6.07) is 28.3. The molecule has 1 amide bonds. The lowest BCUT2D eigenvalue weighted by atomic mass is 9.99. The maximum atomic E-state index is 12.4. The van der Waals surface area contributed by atoms with Gasteiger partial charge in [-0.15, -0.1) is 0 Å². The van der Waals surface area contributed by atoms with E-state index in [1.807, 2.05) is 91.0 Å². The van der Waals surface area contributed by atoms with Crippen LogP contribution in [0.4, 0.5) is 4.79 Å². The Labute approximate surface area is 158 Å². The Kier molecular flexibility index (Phi) is 6.36. The second-order valence-corrected chi connectivity index (χ2v) is 6.15. The van der Waals surface area contributed by atoms with Crippen molar-refractivity contribution >= 4 is 12.4 Å². The zero-order valence-corrected chi connectivity index (χ0v) is 14.8. The molecule has 0 bridgehead atoms. The fourth-order valence-electron chi connectivity index (χ4n) is 2.89. The van der Waals surface area contributed by atoms with E-state index in [2.05, 4.69) is 5.32 Å². The number of rotatable bonds is 7. The highest BCUT2D eigenvalue weighted by Gasteiger charge is 2.19. The van der Waals surface area contributed by atoms with E-state index in [-0.39, 0.29) is 12.6 Å². The molecule has 0 aliphatic heterocycles. The molecule has 0 heterocycles. The maximum Gasteiger partial charge on any atom is 0.407 e. The summed E-state index contributed by atoms with van der Waals surface area (Å²) >= 11 is 0. The van der Waals surface area contributed by atoms with Crippen molar-refractivity contribution in [2.24, 2.45) is 0 Å². The van der Waals surface area contributed by atoms with Gasteiger partial charge in [-0.2, -0.15) is 0 Å². The van der Waals surface area contributed by atoms with Gasteiger partial charge >= 0.3 is 6.09 Å². The lowest BCUT2D eigenvalue weighted by Crippen LogP contribution is -2.31. The number of ether oxygens (including phenoxy) is 1. The van der Waals surface area contributed by atoms with Gasteiger partial charge in [-0.05, 0) is 16.7 Å². The van der Waals surface area contributed by atoms with Gasteiger partial charge in [0.25, 0.3) is 0 Å². The van der Waals surface area contributed by atoms with E-state index >= 15 is 0 Å². The minimum absolute atomic E-state index is 0.00432. The molecule has 0 aliphatic rings. The first-order chi connectivity index (χ1) is 13.3. The van der Waals surface area contributed by atoms with Crippen LogP contribution in [-0.2, 0) is 9.53 Å². The summed E-state index contributed by atoms with van der Waals surface area (Å²) < 4.78 is 5.34. The van der Waals surface area contributed by atoms with Gasteiger partial charge < -0.3 is 14.8 Å². The molecule has 0 aliphatic carbocycles. The van der Waals surface area contributed by atoms with E-state index in [9.17, 15) is 9.59 Å². The Morgan fingerprint density at radius 2 is 1.22 bits per heavy atom. The molecule has 1 atom stereocenters. The molecule has 0 fully saturated rings. The molecule has 136 valence electrons. The molecule has 1 unspecified atom stereocenters. The minimum atomic E-state index is -0.560. The number of hydrogen-bond acceptors (Lipinski definition) is 3. The normalized spacial score (nSPS) is 11.6. The molecule has 0 saturated heterocycles. The average molecular weight is 359 g/mol. The molecule has 3 aromatic rings. The Bertz CT molecular complexity index is 811. The summed E-state index contributed by atoms with van der Waals surface area (Å²) in [6.45, 7) is -0.00432. The van der Waals surface area contributed by atoms with Gasteiger partial charge in [0.15, 0.2) is 0 Å². The summed E-state index contributed by atoms with van der Waals surface area (Å²) in [6.07, 6.45) is 0.240. The van der Waals surface area contributed by atoms with Crippen molar-refractivity contribution < 1.29 is 14.3 Å². The standard InChI is InChI=1S/C23H21NO3/c25-16-21(18-10-4-1-5-11-18)17-27-23(26)24-22(19-12-6-2-7-13-19)20-14-8-3-9-15-20/h1-16,21-22H,17H2,(H,24,26). The van der Waals surface area contributed by atoms with Crippen molar-refractivity contribution in [2.75, 3.05) is 6.61 Å². The first kappa shape index (κ1) is 18.4. The van der Waals surface area contributed by atoms with E-state index < -0.39 is 12.0 Å². The molecule has 3 aromatic carbocycles. The molecule has 4 heteroatoms. The van der Waals surface area contributed by atoms with Gasteiger partial charge in [-0.3, -0.25) is 0 Å². The number of carbonyl (C=O) groups excluding carboxylic acids is 2. The third-order valence-corrected chi connectivity index (χ3v) is 4.31. The molecule has 27 heavy (non-hydrogen) atoms. The number of carbonyl (C=O) groups is 2. The highest BCUT2D eigenvalue weighted by molar-refractivity contribution is 5.70. The minimum Gasteiger partial charge on any atom is -0.448 e. The van der Waals surface area contributed by atoms with E-state index in [0.717, 1.165) is 23.0 Å². The lowest BCUT2D eigenvalue weighted by molar-refractivity contribution is -0.109. The molecule has 0 aromatic heterocycles. The number of aldehydes is 1. The van der Waals surface area contributed by atoms with Crippen molar-refractivity contribution in [1.29, 1.82) is 0 Å². The summed E-state index contributed by atoms with van der Waals surface area (Å²) in [5.74, 6) is -0.483. The average Bonchev–Trinajstić information content (AvgIpc) is 2.74. The first-order valence-electron chi connectivity index (χ1n) is 8.81. The highest BCUT2D eigenvalue weighted by atomic mass is 16.5. The smallest absolute Gasteiger partial charge is 0.407 e. The monoisotopic (exact) mass is 359 g/mol. The Morgan fingerprint density at radius 1 is 0.778 bits per heavy atom. The van der Waals surface area contributed by atoms with Gasteiger partial charge in [0.05, 0.1) is 12.0 Å². The van der Waals surface area contributed by atoms with Crippen LogP contribution < -0.4 is 5.32 Å². The summed E-state index contributed by atoms with van der Waals surface area (Å²) in [5, 5.41) is 2.90. The number of hydrogen-bond donors (Lipinski definition) is 1. The van der Waals surface area contributed by atoms with E-state index in [4.69, 9.17) is 4.74 Å². The first-order valence-corrected chi connectivity index (χ1v) is 8.81. The van der Waals surface area contributed by atoms with Crippen LogP contribution in [0.15, 0.2) is 91.0 Å². The van der Waals surface area contributed by atoms with Crippen LogP contribution in [-0.4, -0.2) is 19.0 Å². The van der Waals surface area contributed by atoms with E-state index in [1.165, 1.54) is 0 Å². The summed E-state index contributed by atoms with van der Waals surface area (Å²) in [7, 11) is 0. The van der Waals surface area contributed by atoms with Crippen LogP contribution in [0, 0.1) is 0 Å². The third-order valence-electron chi connectivity index (χ3n) is 4.31. The Balaban J connectivity index is 1.69. The molecule has 0 radical (unpaired) electrons. The van der Waals surface area contributed by atoms with Crippen LogP contribution >= 0.6 is 0 Å². The molecule has 3 rings (SSSR count). The van der Waals surface area contributed by atoms with Gasteiger partial charge in [-0.25, -0.2) is 4.79 Å². The van der Waals surface area contributed by atoms with Crippen LogP contribution in [0.3, 0.4) is 0 Å². The second kappa shape index (κ2) is 9.34. The van der Waals surface area contributed by atoms with Gasteiger partial charge in [-0.1, -0.05) is 91.0 Å². The molecule has 0 saturated carbocycles. The van der Waals surface area contributed by atoms with Crippen LogP contribution in [0.2, 0.25) is 0 Å². The highest BCUT2D eigenvalue weighted by Crippen LogP contribution is 2.22. The molecule has 4 nitrogen and oxygen atoms in total. The van der Waals surface area contributed by atoms with Gasteiger partial charge in [0, 0.05) is 0 Å². The van der Waals surface area contributed by atoms with Crippen LogP contribution in [0.25, 0.3) is 0 Å². The Morgan fingerprint density at radius 3 is 1.67 bits per heavy atom. The van der Waals surface area contributed by atoms with Crippen molar-refractivity contribution in [2.45, 2.75) is 12.0 Å². The van der Waals surface area contributed by atoms with Crippen molar-refractivity contribution in [3.63, 3.8) is 0 Å². The largest absolute Gasteiger partial charge is 0.448 e. The topological polar surface area (TPSA) is 55.4 Å². The number of amides is 1. The zero-order chi connectivity index (χ0) is 18.9. The number of alkyl carbamates (subject to hydrolysis) is 1. The third kappa shape index (κ3) is 5.05. The lowest BCUT2D eigenvalue weighted by Gasteiger charge is -2.20. The zero-order valence-electron chi connectivity index (χ0n) is 14.8. The van der Waals surface area contributed by atoms with E-state index in [1.54, 1.807) is 0 Å². The second-order valence-electron chi connectivity index (χ2n) is 6.15. The van der Waals surface area contributed by atoms with E-state index in [0.29, 0.717) is 0 Å². The SMILES string of the molecule is O=CC(COC(=O)NC(c1ccccc1)c1ccccc1)c1ccccc1. The molecule has 1 N–H and O–H groups in total. The Hall–Kier alpha value is -3.40. The van der Waals surface area contributed by atoms with Gasteiger partial charge in [0.2, 0.25) is 0 Å². The number of benzene rings is 3. The summed E-state index contributed by atoms with van der Waals surface area (Å²) in [4.78, 5) is 23.8. The van der Waals surface area contributed by atoms with Crippen molar-refractivity contribution in [1.82, 2.24) is 5.32 Å². The van der Waals surface area contributed by atoms with Crippen molar-refractivity contribution in [3.05, 3.63) is 108 Å². The molecular weight excluding hydrogens is 338 g/mol. The predicted molar refractivity (Wildman–Crippen MR) is 104 cm³/mol. The van der Waals surface area contributed by atoms with Crippen LogP contribution in [0.5, 0.6) is 0 Å². The quantitative estimate of drug-likeness (QED) is 0.633. The van der Waals surface area contributed by atoms with Crippen LogP contribution in [0.1, 0.15) is 28.7 Å². The fraction of sp³-hybridized carbons (Fsp3) is 0.130. The summed E-state index contributed by atoms with van der Waals surface area (Å²) in [5.41, 5.74) is 2.73.